The van der Waals surface area contributed by atoms with Gasteiger partial charge in [-0.05, 0) is 6.42 Å². The van der Waals surface area contributed by atoms with E-state index in [0.717, 1.165) is 11.0 Å². The molecule has 86 valence electrons. The molecule has 0 aliphatic heterocycles. The summed E-state index contributed by atoms with van der Waals surface area (Å²) in [4.78, 5) is 3.82. The van der Waals surface area contributed by atoms with E-state index in [1.54, 1.807) is 0 Å². The third kappa shape index (κ3) is 3.24. The molecule has 1 atom stereocenters. The Kier molecular flexibility index (Phi) is 4.64. The molecule has 1 aromatic heterocycles. The van der Waals surface area contributed by atoms with Crippen molar-refractivity contribution in [3.8, 4) is 0 Å². The molecule has 6 heteroatoms. The summed E-state index contributed by atoms with van der Waals surface area (Å²) in [6, 6.07) is -0.0761. The van der Waals surface area contributed by atoms with Crippen LogP contribution in [0.15, 0.2) is 12.4 Å². The predicted molar refractivity (Wildman–Crippen MR) is 51.5 cm³/mol. The molecular formula is C9H15F2N3O. The van der Waals surface area contributed by atoms with Crippen molar-refractivity contribution in [2.45, 2.75) is 32.5 Å². The second-order valence-corrected chi connectivity index (χ2v) is 3.20. The molecular weight excluding hydrogens is 204 g/mol. The van der Waals surface area contributed by atoms with Gasteiger partial charge in [-0.3, -0.25) is 4.57 Å². The van der Waals surface area contributed by atoms with Gasteiger partial charge in [-0.2, -0.15) is 8.78 Å². The van der Waals surface area contributed by atoms with Gasteiger partial charge in [-0.1, -0.05) is 6.92 Å². The van der Waals surface area contributed by atoms with Crippen LogP contribution in [0.2, 0.25) is 0 Å². The summed E-state index contributed by atoms with van der Waals surface area (Å²) in [5, 5.41) is 11.8. The minimum Gasteiger partial charge on any atom is -0.395 e. The van der Waals surface area contributed by atoms with Crippen LogP contribution in [-0.4, -0.2) is 27.3 Å². The Morgan fingerprint density at radius 2 is 2.33 bits per heavy atom. The van der Waals surface area contributed by atoms with Gasteiger partial charge in [0, 0.05) is 18.4 Å². The van der Waals surface area contributed by atoms with Gasteiger partial charge in [0.25, 0.3) is 0 Å². The number of halogens is 2. The van der Waals surface area contributed by atoms with Crippen LogP contribution in [0.5, 0.6) is 0 Å². The highest BCUT2D eigenvalue weighted by atomic mass is 19.3. The topological polar surface area (TPSA) is 50.1 Å². The van der Waals surface area contributed by atoms with Crippen molar-refractivity contribution in [2.24, 2.45) is 0 Å². The average molecular weight is 219 g/mol. The fraction of sp³-hybridized carbons (Fsp3) is 0.667. The molecule has 0 amide bonds. The zero-order chi connectivity index (χ0) is 11.3. The van der Waals surface area contributed by atoms with Crippen molar-refractivity contribution >= 4 is 0 Å². The molecule has 1 unspecified atom stereocenters. The smallest absolute Gasteiger partial charge is 0.319 e. The molecule has 1 aromatic rings. The predicted octanol–water partition coefficient (Wildman–Crippen LogP) is 1.14. The molecule has 15 heavy (non-hydrogen) atoms. The van der Waals surface area contributed by atoms with E-state index in [2.05, 4.69) is 10.3 Å². The molecule has 0 radical (unpaired) electrons. The lowest BCUT2D eigenvalue weighted by Crippen LogP contribution is -2.32. The van der Waals surface area contributed by atoms with E-state index in [-0.39, 0.29) is 25.0 Å². The van der Waals surface area contributed by atoms with Crippen LogP contribution in [0, 0.1) is 0 Å². The summed E-state index contributed by atoms with van der Waals surface area (Å²) in [5.74, 6) is 0.275. The van der Waals surface area contributed by atoms with Crippen LogP contribution in [0.4, 0.5) is 8.78 Å². The lowest BCUT2D eigenvalue weighted by atomic mass is 10.2. The van der Waals surface area contributed by atoms with E-state index in [1.165, 1.54) is 12.4 Å². The van der Waals surface area contributed by atoms with E-state index < -0.39 is 6.55 Å². The highest BCUT2D eigenvalue weighted by molar-refractivity contribution is 4.92. The summed E-state index contributed by atoms with van der Waals surface area (Å²) in [7, 11) is 0. The fourth-order valence-electron chi connectivity index (χ4n) is 1.23. The molecule has 0 aromatic carbocycles. The molecule has 0 fully saturated rings. The largest absolute Gasteiger partial charge is 0.395 e. The van der Waals surface area contributed by atoms with Gasteiger partial charge in [0.1, 0.15) is 5.82 Å². The van der Waals surface area contributed by atoms with Crippen molar-refractivity contribution in [1.82, 2.24) is 14.9 Å². The number of hydrogen-bond acceptors (Lipinski definition) is 3. The van der Waals surface area contributed by atoms with Crippen LogP contribution in [0.3, 0.4) is 0 Å². The minimum absolute atomic E-state index is 0.00805. The van der Waals surface area contributed by atoms with Crippen molar-refractivity contribution in [3.05, 3.63) is 18.2 Å². The Hall–Kier alpha value is -1.01. The Bertz CT molecular complexity index is 287. The molecule has 0 spiro atoms. The summed E-state index contributed by atoms with van der Waals surface area (Å²) in [6.45, 7) is -0.436. The molecule has 0 saturated carbocycles. The van der Waals surface area contributed by atoms with Crippen molar-refractivity contribution in [1.29, 1.82) is 0 Å². The zero-order valence-corrected chi connectivity index (χ0v) is 8.53. The normalized spacial score (nSPS) is 13.4. The quantitative estimate of drug-likeness (QED) is 0.754. The molecule has 0 bridgehead atoms. The van der Waals surface area contributed by atoms with Crippen LogP contribution in [0.25, 0.3) is 0 Å². The Morgan fingerprint density at radius 3 is 2.87 bits per heavy atom. The minimum atomic E-state index is -2.57. The van der Waals surface area contributed by atoms with Gasteiger partial charge in [-0.25, -0.2) is 4.98 Å². The van der Waals surface area contributed by atoms with Gasteiger partial charge < -0.3 is 10.4 Å². The Labute approximate surface area is 86.9 Å². The van der Waals surface area contributed by atoms with E-state index >= 15 is 0 Å². The first kappa shape index (κ1) is 12.1. The average Bonchev–Trinajstić information content (AvgIpc) is 2.67. The van der Waals surface area contributed by atoms with Crippen LogP contribution < -0.4 is 5.32 Å². The maximum atomic E-state index is 12.4. The van der Waals surface area contributed by atoms with Crippen LogP contribution in [0.1, 0.15) is 25.7 Å². The maximum absolute atomic E-state index is 12.4. The number of nitrogens with zero attached hydrogens (tertiary/aromatic N) is 2. The second kappa shape index (κ2) is 5.77. The van der Waals surface area contributed by atoms with Crippen molar-refractivity contribution < 1.29 is 13.9 Å². The van der Waals surface area contributed by atoms with Gasteiger partial charge in [0.05, 0.1) is 13.2 Å². The molecule has 0 saturated heterocycles. The Balaban J connectivity index is 2.53. The highest BCUT2D eigenvalue weighted by Gasteiger charge is 2.12. The third-order valence-electron chi connectivity index (χ3n) is 2.22. The van der Waals surface area contributed by atoms with Crippen LogP contribution >= 0.6 is 0 Å². The molecule has 4 nitrogen and oxygen atoms in total. The number of hydrogen-bond donors (Lipinski definition) is 2. The van der Waals surface area contributed by atoms with Gasteiger partial charge in [-0.15, -0.1) is 0 Å². The highest BCUT2D eigenvalue weighted by Crippen LogP contribution is 2.12. The molecule has 2 N–H and O–H groups in total. The number of aromatic nitrogens is 2. The Morgan fingerprint density at radius 1 is 1.60 bits per heavy atom. The van der Waals surface area contributed by atoms with E-state index in [1.807, 2.05) is 6.92 Å². The number of rotatable bonds is 6. The molecule has 1 heterocycles. The summed E-state index contributed by atoms with van der Waals surface area (Å²) in [6.07, 6.45) is 3.32. The SMILES string of the molecule is CCC(CO)NCc1nccn1C(F)F. The van der Waals surface area contributed by atoms with E-state index in [9.17, 15) is 8.78 Å². The standard InChI is InChI=1S/C9H15F2N3O/c1-2-7(6-15)13-5-8-12-3-4-14(8)9(10)11/h3-4,7,9,13,15H,2,5-6H2,1H3. The van der Waals surface area contributed by atoms with Crippen molar-refractivity contribution in [2.75, 3.05) is 6.61 Å². The fourth-order valence-corrected chi connectivity index (χ4v) is 1.23. The number of nitrogens with one attached hydrogen (secondary N) is 1. The molecule has 1 rings (SSSR count). The first-order valence-corrected chi connectivity index (χ1v) is 4.83. The van der Waals surface area contributed by atoms with Gasteiger partial charge in [0.2, 0.25) is 0 Å². The molecule has 0 aliphatic rings. The summed E-state index contributed by atoms with van der Waals surface area (Å²) in [5.41, 5.74) is 0. The third-order valence-corrected chi connectivity index (χ3v) is 2.22. The maximum Gasteiger partial charge on any atom is 0.319 e. The lowest BCUT2D eigenvalue weighted by Gasteiger charge is -2.14. The van der Waals surface area contributed by atoms with Gasteiger partial charge >= 0.3 is 6.55 Å². The monoisotopic (exact) mass is 219 g/mol. The van der Waals surface area contributed by atoms with E-state index in [0.29, 0.717) is 0 Å². The van der Waals surface area contributed by atoms with Crippen molar-refractivity contribution in [3.63, 3.8) is 0 Å². The first-order valence-electron chi connectivity index (χ1n) is 4.83. The number of imidazole rings is 1. The van der Waals surface area contributed by atoms with Crippen LogP contribution in [-0.2, 0) is 6.54 Å². The van der Waals surface area contributed by atoms with Gasteiger partial charge in [0.15, 0.2) is 0 Å². The second-order valence-electron chi connectivity index (χ2n) is 3.20. The number of alkyl halides is 2. The zero-order valence-electron chi connectivity index (χ0n) is 8.53. The summed E-state index contributed by atoms with van der Waals surface area (Å²) < 4.78 is 25.6. The number of aliphatic hydroxyl groups excluding tert-OH is 1. The molecule has 0 aliphatic carbocycles. The summed E-state index contributed by atoms with van der Waals surface area (Å²) >= 11 is 0. The van der Waals surface area contributed by atoms with E-state index in [4.69, 9.17) is 5.11 Å². The lowest BCUT2D eigenvalue weighted by molar-refractivity contribution is 0.0663. The number of aliphatic hydroxyl groups is 1. The first-order chi connectivity index (χ1) is 7.19.